The molecule has 1 aliphatic rings. The van der Waals surface area contributed by atoms with E-state index in [2.05, 4.69) is 27.3 Å². The molecular formula is C12H20N4OS. The lowest BCUT2D eigenvalue weighted by molar-refractivity contribution is -0.118. The van der Waals surface area contributed by atoms with E-state index in [1.54, 1.807) is 0 Å². The van der Waals surface area contributed by atoms with Crippen molar-refractivity contribution in [1.82, 2.24) is 15.1 Å². The number of carbonyl (C=O) groups excluding carboxylic acids is 1. The molecule has 18 heavy (non-hydrogen) atoms. The zero-order valence-corrected chi connectivity index (χ0v) is 11.8. The predicted octanol–water partition coefficient (Wildman–Crippen LogP) is 1.91. The van der Waals surface area contributed by atoms with E-state index in [4.69, 9.17) is 0 Å². The highest BCUT2D eigenvalue weighted by atomic mass is 32.1. The summed E-state index contributed by atoms with van der Waals surface area (Å²) in [6.45, 7) is 5.70. The lowest BCUT2D eigenvalue weighted by Crippen LogP contribution is -2.42. The minimum absolute atomic E-state index is 0.0163. The topological polar surface area (TPSA) is 58.1 Å². The fraction of sp³-hybridized carbons (Fsp3) is 0.750. The van der Waals surface area contributed by atoms with Gasteiger partial charge in [0.25, 0.3) is 0 Å². The molecule has 0 aromatic carbocycles. The highest BCUT2D eigenvalue weighted by Crippen LogP contribution is 2.17. The summed E-state index contributed by atoms with van der Waals surface area (Å²) >= 11 is 1.45. The number of amides is 1. The van der Waals surface area contributed by atoms with Crippen LogP contribution >= 0.6 is 11.3 Å². The summed E-state index contributed by atoms with van der Waals surface area (Å²) in [4.78, 5) is 14.1. The number of hydrogen-bond acceptors (Lipinski definition) is 5. The number of nitrogens with zero attached hydrogens (tertiary/aromatic N) is 3. The molecule has 1 aromatic rings. The van der Waals surface area contributed by atoms with Gasteiger partial charge in [-0.2, -0.15) is 0 Å². The molecule has 6 heteroatoms. The largest absolute Gasteiger partial charge is 0.299 e. The Morgan fingerprint density at radius 1 is 1.50 bits per heavy atom. The van der Waals surface area contributed by atoms with Gasteiger partial charge < -0.3 is 0 Å². The van der Waals surface area contributed by atoms with Gasteiger partial charge >= 0.3 is 0 Å². The van der Waals surface area contributed by atoms with Crippen molar-refractivity contribution in [3.8, 4) is 0 Å². The van der Waals surface area contributed by atoms with Gasteiger partial charge in [-0.15, -0.1) is 10.2 Å². The van der Waals surface area contributed by atoms with Crippen LogP contribution in [-0.2, 0) is 11.2 Å². The molecule has 2 rings (SSSR count). The number of aromatic nitrogens is 2. The van der Waals surface area contributed by atoms with Gasteiger partial charge in [0.05, 0.1) is 6.54 Å². The minimum atomic E-state index is 0.0163. The average Bonchev–Trinajstić information content (AvgIpc) is 2.80. The summed E-state index contributed by atoms with van der Waals surface area (Å²) in [5.74, 6) is 0.0163. The molecule has 0 saturated carbocycles. The maximum Gasteiger partial charge on any atom is 0.240 e. The Bertz CT molecular complexity index is 407. The first-order valence-corrected chi connectivity index (χ1v) is 7.37. The van der Waals surface area contributed by atoms with E-state index in [0.29, 0.717) is 17.7 Å². The Morgan fingerprint density at radius 3 is 3.00 bits per heavy atom. The van der Waals surface area contributed by atoms with Crippen molar-refractivity contribution in [3.63, 3.8) is 0 Å². The second-order valence-corrected chi connectivity index (χ2v) is 5.78. The van der Waals surface area contributed by atoms with Crippen molar-refractivity contribution in [2.24, 2.45) is 0 Å². The molecule has 5 nitrogen and oxygen atoms in total. The highest BCUT2D eigenvalue weighted by molar-refractivity contribution is 7.15. The van der Waals surface area contributed by atoms with Gasteiger partial charge in [0, 0.05) is 6.04 Å². The number of rotatable bonds is 4. The van der Waals surface area contributed by atoms with E-state index in [0.717, 1.165) is 18.0 Å². The standard InChI is InChI=1S/C12H20N4OS/c1-3-11-14-15-12(18-11)13-10(17)8-16-7-5-4-6-9(16)2/h9H,3-8H2,1-2H3,(H,13,15,17). The third-order valence-corrected chi connectivity index (χ3v) is 4.29. The molecule has 2 heterocycles. The van der Waals surface area contributed by atoms with Crippen LogP contribution in [0, 0.1) is 0 Å². The quantitative estimate of drug-likeness (QED) is 0.906. The van der Waals surface area contributed by atoms with Gasteiger partial charge in [-0.25, -0.2) is 0 Å². The number of nitrogens with one attached hydrogen (secondary N) is 1. The molecule has 0 aliphatic carbocycles. The van der Waals surface area contributed by atoms with Crippen LogP contribution in [-0.4, -0.2) is 40.1 Å². The second-order valence-electron chi connectivity index (χ2n) is 4.72. The van der Waals surface area contributed by atoms with E-state index in [1.165, 1.54) is 30.6 Å². The molecule has 1 unspecified atom stereocenters. The van der Waals surface area contributed by atoms with Crippen molar-refractivity contribution >= 4 is 22.4 Å². The molecule has 0 spiro atoms. The molecule has 100 valence electrons. The van der Waals surface area contributed by atoms with Gasteiger partial charge in [0.15, 0.2) is 0 Å². The second kappa shape index (κ2) is 6.24. The smallest absolute Gasteiger partial charge is 0.240 e. The molecule has 1 aromatic heterocycles. The maximum atomic E-state index is 11.9. The Hall–Kier alpha value is -1.01. The fourth-order valence-electron chi connectivity index (χ4n) is 2.18. The number of piperidine rings is 1. The molecule has 0 radical (unpaired) electrons. The molecule has 1 atom stereocenters. The molecule has 1 amide bonds. The third kappa shape index (κ3) is 3.49. The summed E-state index contributed by atoms with van der Waals surface area (Å²) < 4.78 is 0. The van der Waals surface area contributed by atoms with Crippen molar-refractivity contribution in [3.05, 3.63) is 5.01 Å². The predicted molar refractivity (Wildman–Crippen MR) is 72.8 cm³/mol. The summed E-state index contributed by atoms with van der Waals surface area (Å²) in [6, 6.07) is 0.505. The highest BCUT2D eigenvalue weighted by Gasteiger charge is 2.20. The number of hydrogen-bond donors (Lipinski definition) is 1. The number of aryl methyl sites for hydroxylation is 1. The fourth-order valence-corrected chi connectivity index (χ4v) is 2.88. The van der Waals surface area contributed by atoms with Crippen molar-refractivity contribution in [2.45, 2.75) is 45.6 Å². The Morgan fingerprint density at radius 2 is 2.33 bits per heavy atom. The van der Waals surface area contributed by atoms with Crippen LogP contribution in [0.25, 0.3) is 0 Å². The maximum absolute atomic E-state index is 11.9. The summed E-state index contributed by atoms with van der Waals surface area (Å²) in [5.41, 5.74) is 0. The third-order valence-electron chi connectivity index (χ3n) is 3.30. The zero-order valence-electron chi connectivity index (χ0n) is 11.0. The van der Waals surface area contributed by atoms with Crippen LogP contribution in [0.3, 0.4) is 0 Å². The van der Waals surface area contributed by atoms with Crippen molar-refractivity contribution in [1.29, 1.82) is 0 Å². The van der Waals surface area contributed by atoms with E-state index in [-0.39, 0.29) is 5.91 Å². The number of anilines is 1. The molecule has 1 saturated heterocycles. The van der Waals surface area contributed by atoms with Crippen LogP contribution in [0.1, 0.15) is 38.1 Å². The van der Waals surface area contributed by atoms with Crippen LogP contribution in [0.4, 0.5) is 5.13 Å². The first-order chi connectivity index (χ1) is 8.69. The van der Waals surface area contributed by atoms with E-state index >= 15 is 0 Å². The summed E-state index contributed by atoms with van der Waals surface area (Å²) in [6.07, 6.45) is 4.51. The van der Waals surface area contributed by atoms with Crippen LogP contribution in [0.5, 0.6) is 0 Å². The SMILES string of the molecule is CCc1nnc(NC(=O)CN2CCCCC2C)s1. The monoisotopic (exact) mass is 268 g/mol. The summed E-state index contributed by atoms with van der Waals surface area (Å²) in [7, 11) is 0. The molecular weight excluding hydrogens is 248 g/mol. The first-order valence-electron chi connectivity index (χ1n) is 6.55. The van der Waals surface area contributed by atoms with Crippen LogP contribution in [0.15, 0.2) is 0 Å². The van der Waals surface area contributed by atoms with E-state index < -0.39 is 0 Å². The van der Waals surface area contributed by atoms with Gasteiger partial charge in [-0.3, -0.25) is 15.0 Å². The van der Waals surface area contributed by atoms with Crippen molar-refractivity contribution < 1.29 is 4.79 Å². The van der Waals surface area contributed by atoms with Gasteiger partial charge in [-0.05, 0) is 32.7 Å². The zero-order chi connectivity index (χ0) is 13.0. The van der Waals surface area contributed by atoms with Gasteiger partial charge in [-0.1, -0.05) is 24.7 Å². The van der Waals surface area contributed by atoms with Gasteiger partial charge in [0.1, 0.15) is 5.01 Å². The lowest BCUT2D eigenvalue weighted by Gasteiger charge is -2.32. The minimum Gasteiger partial charge on any atom is -0.299 e. The van der Waals surface area contributed by atoms with Crippen LogP contribution < -0.4 is 5.32 Å². The molecule has 1 aliphatic heterocycles. The lowest BCUT2D eigenvalue weighted by atomic mass is 10.0. The van der Waals surface area contributed by atoms with E-state index in [9.17, 15) is 4.79 Å². The van der Waals surface area contributed by atoms with Gasteiger partial charge in [0.2, 0.25) is 11.0 Å². The summed E-state index contributed by atoms with van der Waals surface area (Å²) in [5, 5.41) is 12.3. The normalized spacial score (nSPS) is 20.9. The average molecular weight is 268 g/mol. The molecule has 1 fully saturated rings. The first kappa shape index (κ1) is 13.4. The Labute approximate surface area is 112 Å². The molecule has 0 bridgehead atoms. The number of carbonyl (C=O) groups is 1. The Kier molecular flexibility index (Phi) is 4.66. The van der Waals surface area contributed by atoms with Crippen molar-refractivity contribution in [2.75, 3.05) is 18.4 Å². The van der Waals surface area contributed by atoms with Crippen LogP contribution in [0.2, 0.25) is 0 Å². The number of likely N-dealkylation sites (tertiary alicyclic amines) is 1. The van der Waals surface area contributed by atoms with E-state index in [1.807, 2.05) is 6.92 Å². The molecule has 1 N–H and O–H groups in total. The Balaban J connectivity index is 1.84.